The number of halogens is 1. The molecule has 1 aliphatic heterocycles. The smallest absolute Gasteiger partial charge is 0.275 e. The summed E-state index contributed by atoms with van der Waals surface area (Å²) in [4.78, 5) is 31.5. The predicted octanol–water partition coefficient (Wildman–Crippen LogP) is 3.49. The number of nitrogens with one attached hydrogen (secondary N) is 2. The quantitative estimate of drug-likeness (QED) is 0.771. The summed E-state index contributed by atoms with van der Waals surface area (Å²) >= 11 is 3.49. The van der Waals surface area contributed by atoms with Gasteiger partial charge in [0.15, 0.2) is 5.69 Å². The predicted molar refractivity (Wildman–Crippen MR) is 107 cm³/mol. The van der Waals surface area contributed by atoms with Gasteiger partial charge in [-0.1, -0.05) is 19.9 Å². The lowest BCUT2D eigenvalue weighted by molar-refractivity contribution is -0.121. The average Bonchev–Trinajstić information content (AvgIpc) is 3.03. The molecule has 0 radical (unpaired) electrons. The minimum absolute atomic E-state index is 0.102. The second kappa shape index (κ2) is 8.21. The number of nitrogens with zero attached hydrogens (tertiary/aromatic N) is 3. The molecule has 0 spiro atoms. The largest absolute Gasteiger partial charge is 0.336 e. The van der Waals surface area contributed by atoms with Crippen LogP contribution in [0, 0.1) is 12.8 Å². The van der Waals surface area contributed by atoms with Crippen molar-refractivity contribution >= 4 is 33.6 Å². The minimum Gasteiger partial charge on any atom is -0.336 e. The molecule has 3 heterocycles. The van der Waals surface area contributed by atoms with E-state index in [-0.39, 0.29) is 23.7 Å². The summed E-state index contributed by atoms with van der Waals surface area (Å²) in [6, 6.07) is 5.50. The zero-order chi connectivity index (χ0) is 19.6. The van der Waals surface area contributed by atoms with Crippen molar-refractivity contribution in [1.29, 1.82) is 0 Å². The van der Waals surface area contributed by atoms with Crippen molar-refractivity contribution in [1.82, 2.24) is 20.1 Å². The first kappa shape index (κ1) is 19.5. The molecular formula is C19H24BrN5O2. The molecule has 0 aliphatic carbocycles. The van der Waals surface area contributed by atoms with Gasteiger partial charge in [0.1, 0.15) is 5.82 Å². The van der Waals surface area contributed by atoms with Crippen LogP contribution in [0.3, 0.4) is 0 Å². The Morgan fingerprint density at radius 3 is 2.81 bits per heavy atom. The van der Waals surface area contributed by atoms with Crippen LogP contribution in [0.2, 0.25) is 0 Å². The summed E-state index contributed by atoms with van der Waals surface area (Å²) in [5, 5.41) is 9.98. The molecule has 3 rings (SSSR count). The van der Waals surface area contributed by atoms with E-state index >= 15 is 0 Å². The lowest BCUT2D eigenvalue weighted by atomic mass is 9.96. The lowest BCUT2D eigenvalue weighted by Gasteiger charge is -2.31. The van der Waals surface area contributed by atoms with E-state index in [4.69, 9.17) is 0 Å². The highest BCUT2D eigenvalue weighted by Crippen LogP contribution is 2.28. The first-order chi connectivity index (χ1) is 12.9. The number of carbonyl (C=O) groups is 2. The molecule has 0 aromatic carbocycles. The van der Waals surface area contributed by atoms with Crippen LogP contribution >= 0.6 is 15.9 Å². The molecule has 0 saturated carbocycles. The van der Waals surface area contributed by atoms with Gasteiger partial charge in [0, 0.05) is 18.8 Å². The Morgan fingerprint density at radius 1 is 1.37 bits per heavy atom. The van der Waals surface area contributed by atoms with Crippen LogP contribution in [0.1, 0.15) is 54.5 Å². The minimum atomic E-state index is -0.257. The van der Waals surface area contributed by atoms with Crippen LogP contribution in [-0.4, -0.2) is 45.0 Å². The van der Waals surface area contributed by atoms with Crippen molar-refractivity contribution in [3.05, 3.63) is 39.8 Å². The number of amides is 2. The van der Waals surface area contributed by atoms with Crippen LogP contribution < -0.4 is 5.32 Å². The summed E-state index contributed by atoms with van der Waals surface area (Å²) in [5.74, 6) is 0.258. The van der Waals surface area contributed by atoms with E-state index < -0.39 is 0 Å². The normalized spacial score (nSPS) is 17.2. The number of anilines is 1. The summed E-state index contributed by atoms with van der Waals surface area (Å²) < 4.78 is 0.707. The number of aromatic amines is 1. The highest BCUT2D eigenvalue weighted by Gasteiger charge is 2.31. The Balaban J connectivity index is 1.68. The number of pyridine rings is 1. The highest BCUT2D eigenvalue weighted by molar-refractivity contribution is 9.10. The molecule has 0 bridgehead atoms. The Labute approximate surface area is 167 Å². The third-order valence-corrected chi connectivity index (χ3v) is 5.53. The van der Waals surface area contributed by atoms with E-state index in [1.165, 1.54) is 0 Å². The molecule has 2 amide bonds. The van der Waals surface area contributed by atoms with E-state index in [2.05, 4.69) is 36.4 Å². The molecule has 7 nitrogen and oxygen atoms in total. The highest BCUT2D eigenvalue weighted by atomic mass is 79.9. The fourth-order valence-electron chi connectivity index (χ4n) is 3.23. The average molecular weight is 434 g/mol. The number of hydrogen-bond donors (Lipinski definition) is 2. The van der Waals surface area contributed by atoms with Gasteiger partial charge in [0.05, 0.1) is 16.1 Å². The summed E-state index contributed by atoms with van der Waals surface area (Å²) in [6.45, 7) is 6.96. The fourth-order valence-corrected chi connectivity index (χ4v) is 4.04. The third-order valence-electron chi connectivity index (χ3n) is 4.73. The van der Waals surface area contributed by atoms with Gasteiger partial charge in [-0.25, -0.2) is 4.98 Å². The SMILES string of the molecule is Cc1cccc(NC(=O)C2CCCN(C(=O)c3n[nH]c(C(C)C)c3Br)C2)n1. The van der Waals surface area contributed by atoms with E-state index in [0.29, 0.717) is 29.1 Å². The third kappa shape index (κ3) is 4.37. The van der Waals surface area contributed by atoms with Crippen molar-refractivity contribution in [2.24, 2.45) is 5.92 Å². The first-order valence-electron chi connectivity index (χ1n) is 9.14. The number of H-pyrrole nitrogens is 1. The van der Waals surface area contributed by atoms with Gasteiger partial charge in [0.25, 0.3) is 5.91 Å². The van der Waals surface area contributed by atoms with E-state index in [1.54, 1.807) is 11.0 Å². The molecule has 1 atom stereocenters. The molecule has 2 aromatic heterocycles. The van der Waals surface area contributed by atoms with E-state index in [1.807, 2.05) is 32.9 Å². The van der Waals surface area contributed by atoms with Crippen LogP contribution in [0.4, 0.5) is 5.82 Å². The summed E-state index contributed by atoms with van der Waals surface area (Å²) in [7, 11) is 0. The van der Waals surface area contributed by atoms with Crippen molar-refractivity contribution in [3.63, 3.8) is 0 Å². The Morgan fingerprint density at radius 2 is 2.15 bits per heavy atom. The Bertz CT molecular complexity index is 848. The molecule has 1 saturated heterocycles. The maximum atomic E-state index is 12.9. The van der Waals surface area contributed by atoms with Gasteiger partial charge in [-0.2, -0.15) is 5.10 Å². The van der Waals surface area contributed by atoms with E-state index in [9.17, 15) is 9.59 Å². The molecule has 1 fully saturated rings. The number of likely N-dealkylation sites (tertiary alicyclic amines) is 1. The van der Waals surface area contributed by atoms with Crippen molar-refractivity contribution in [2.75, 3.05) is 18.4 Å². The van der Waals surface area contributed by atoms with Crippen molar-refractivity contribution in [3.8, 4) is 0 Å². The number of aromatic nitrogens is 3. The first-order valence-corrected chi connectivity index (χ1v) is 9.93. The van der Waals surface area contributed by atoms with E-state index in [0.717, 1.165) is 24.2 Å². The van der Waals surface area contributed by atoms with Gasteiger partial charge in [-0.05, 0) is 53.7 Å². The molecule has 2 aromatic rings. The molecule has 1 aliphatic rings. The molecule has 8 heteroatoms. The Kier molecular flexibility index (Phi) is 5.94. The number of rotatable bonds is 4. The second-order valence-electron chi connectivity index (χ2n) is 7.20. The van der Waals surface area contributed by atoms with Gasteiger partial charge in [0.2, 0.25) is 5.91 Å². The summed E-state index contributed by atoms with van der Waals surface area (Å²) in [5.41, 5.74) is 2.12. The molecule has 2 N–H and O–H groups in total. The number of hydrogen-bond acceptors (Lipinski definition) is 4. The zero-order valence-corrected chi connectivity index (χ0v) is 17.3. The van der Waals surface area contributed by atoms with Crippen LogP contribution in [0.15, 0.2) is 22.7 Å². The monoisotopic (exact) mass is 433 g/mol. The molecule has 27 heavy (non-hydrogen) atoms. The molecule has 144 valence electrons. The van der Waals surface area contributed by atoms with Crippen molar-refractivity contribution in [2.45, 2.75) is 39.5 Å². The lowest BCUT2D eigenvalue weighted by Crippen LogP contribution is -2.44. The maximum Gasteiger partial charge on any atom is 0.275 e. The topological polar surface area (TPSA) is 91.0 Å². The van der Waals surface area contributed by atoms with Gasteiger partial charge < -0.3 is 10.2 Å². The van der Waals surface area contributed by atoms with Crippen LogP contribution in [-0.2, 0) is 4.79 Å². The van der Waals surface area contributed by atoms with Crippen molar-refractivity contribution < 1.29 is 9.59 Å². The molecule has 1 unspecified atom stereocenters. The summed E-state index contributed by atoms with van der Waals surface area (Å²) in [6.07, 6.45) is 1.53. The fraction of sp³-hybridized carbons (Fsp3) is 0.474. The number of piperidine rings is 1. The van der Waals surface area contributed by atoms with Crippen LogP contribution in [0.25, 0.3) is 0 Å². The van der Waals surface area contributed by atoms with Gasteiger partial charge >= 0.3 is 0 Å². The number of aryl methyl sites for hydroxylation is 1. The number of carbonyl (C=O) groups excluding carboxylic acids is 2. The standard InChI is InChI=1S/C19H24BrN5O2/c1-11(2)16-15(20)17(24-23-16)19(27)25-9-5-7-13(10-25)18(26)22-14-8-4-6-12(3)21-14/h4,6,8,11,13H,5,7,9-10H2,1-3H3,(H,23,24)(H,21,22,26). The Hall–Kier alpha value is -2.22. The zero-order valence-electron chi connectivity index (χ0n) is 15.8. The van der Waals surface area contributed by atoms with Gasteiger partial charge in [-0.15, -0.1) is 0 Å². The molecular weight excluding hydrogens is 410 g/mol. The maximum absolute atomic E-state index is 12.9. The van der Waals surface area contributed by atoms with Gasteiger partial charge in [-0.3, -0.25) is 14.7 Å². The second-order valence-corrected chi connectivity index (χ2v) is 7.99. The van der Waals surface area contributed by atoms with Crippen LogP contribution in [0.5, 0.6) is 0 Å².